The summed E-state index contributed by atoms with van der Waals surface area (Å²) < 4.78 is 2.20. The van der Waals surface area contributed by atoms with Crippen molar-refractivity contribution in [3.8, 4) is 0 Å². The molecule has 4 heteroatoms. The van der Waals surface area contributed by atoms with E-state index in [9.17, 15) is 0 Å². The first-order chi connectivity index (χ1) is 6.65. The van der Waals surface area contributed by atoms with E-state index in [0.717, 1.165) is 16.3 Å². The van der Waals surface area contributed by atoms with E-state index in [1.165, 1.54) is 5.69 Å². The van der Waals surface area contributed by atoms with Crippen molar-refractivity contribution < 1.29 is 0 Å². The van der Waals surface area contributed by atoms with Gasteiger partial charge in [0.15, 0.2) is 4.96 Å². The third kappa shape index (κ3) is 1.26. The van der Waals surface area contributed by atoms with Gasteiger partial charge >= 0.3 is 0 Å². The van der Waals surface area contributed by atoms with Gasteiger partial charge in [-0.15, -0.1) is 11.3 Å². The molecule has 0 fully saturated rings. The normalized spacial score (nSPS) is 11.8. The van der Waals surface area contributed by atoms with Crippen LogP contribution < -0.4 is 5.73 Å². The van der Waals surface area contributed by atoms with Crippen LogP contribution in [0, 0.1) is 6.92 Å². The number of aryl methyl sites for hydroxylation is 1. The van der Waals surface area contributed by atoms with Gasteiger partial charge in [-0.2, -0.15) is 0 Å². The predicted octanol–water partition coefficient (Wildman–Crippen LogP) is 2.29. The number of nitrogens with two attached hydrogens (primary N) is 1. The van der Waals surface area contributed by atoms with Crippen molar-refractivity contribution in [1.29, 1.82) is 0 Å². The Morgan fingerprint density at radius 3 is 2.86 bits per heavy atom. The number of nitrogens with zero attached hydrogens (tertiary/aromatic N) is 2. The molecule has 2 heterocycles. The predicted molar refractivity (Wildman–Crippen MR) is 59.8 cm³/mol. The number of imidazole rings is 1. The fourth-order valence-electron chi connectivity index (χ4n) is 1.68. The number of aromatic nitrogens is 2. The van der Waals surface area contributed by atoms with Gasteiger partial charge < -0.3 is 5.73 Å². The molecule has 0 radical (unpaired) electrons. The Kier molecular flexibility index (Phi) is 2.33. The van der Waals surface area contributed by atoms with Crippen molar-refractivity contribution in [2.45, 2.75) is 33.2 Å². The molecule has 0 saturated carbocycles. The van der Waals surface area contributed by atoms with Crippen molar-refractivity contribution in [2.24, 2.45) is 5.73 Å². The fourth-order valence-corrected chi connectivity index (χ4v) is 2.79. The first-order valence-electron chi connectivity index (χ1n) is 4.80. The zero-order valence-electron chi connectivity index (χ0n) is 8.74. The summed E-state index contributed by atoms with van der Waals surface area (Å²) in [5.41, 5.74) is 9.24. The lowest BCUT2D eigenvalue weighted by Crippen LogP contribution is -2.05. The molecule has 0 bridgehead atoms. The van der Waals surface area contributed by atoms with Crippen LogP contribution in [0.15, 0.2) is 5.38 Å². The van der Waals surface area contributed by atoms with E-state index in [0.29, 0.717) is 12.5 Å². The molecule has 2 rings (SSSR count). The Labute approximate surface area is 87.6 Å². The molecule has 0 spiro atoms. The maximum atomic E-state index is 5.73. The SMILES string of the molecule is Cc1nc2scc(C(C)C)n2c1CN. The molecule has 2 N–H and O–H groups in total. The first kappa shape index (κ1) is 9.68. The summed E-state index contributed by atoms with van der Waals surface area (Å²) in [4.78, 5) is 5.55. The van der Waals surface area contributed by atoms with Gasteiger partial charge in [0, 0.05) is 17.6 Å². The second-order valence-corrected chi connectivity index (χ2v) is 4.62. The van der Waals surface area contributed by atoms with E-state index >= 15 is 0 Å². The van der Waals surface area contributed by atoms with Crippen molar-refractivity contribution in [1.82, 2.24) is 9.38 Å². The Bertz CT molecular complexity index is 453. The number of rotatable bonds is 2. The number of hydrogen-bond donors (Lipinski definition) is 1. The summed E-state index contributed by atoms with van der Waals surface area (Å²) in [6, 6.07) is 0. The maximum Gasteiger partial charge on any atom is 0.194 e. The van der Waals surface area contributed by atoms with Gasteiger partial charge in [0.25, 0.3) is 0 Å². The van der Waals surface area contributed by atoms with Crippen molar-refractivity contribution in [3.63, 3.8) is 0 Å². The van der Waals surface area contributed by atoms with Gasteiger partial charge in [0.05, 0.1) is 11.4 Å². The van der Waals surface area contributed by atoms with Gasteiger partial charge in [0.1, 0.15) is 0 Å². The minimum absolute atomic E-state index is 0.516. The summed E-state index contributed by atoms with van der Waals surface area (Å²) in [5, 5.41) is 2.17. The van der Waals surface area contributed by atoms with Crippen LogP contribution in [0.2, 0.25) is 0 Å². The average molecular weight is 209 g/mol. The number of hydrogen-bond acceptors (Lipinski definition) is 3. The van der Waals surface area contributed by atoms with Gasteiger partial charge in [0.2, 0.25) is 0 Å². The van der Waals surface area contributed by atoms with Crippen LogP contribution >= 0.6 is 11.3 Å². The topological polar surface area (TPSA) is 43.3 Å². The van der Waals surface area contributed by atoms with Gasteiger partial charge in [-0.1, -0.05) is 13.8 Å². The first-order valence-corrected chi connectivity index (χ1v) is 5.68. The molecule has 0 amide bonds. The van der Waals surface area contributed by atoms with Crippen LogP contribution in [-0.2, 0) is 6.54 Å². The van der Waals surface area contributed by atoms with Crippen LogP contribution in [0.1, 0.15) is 36.8 Å². The van der Waals surface area contributed by atoms with Crippen LogP contribution in [0.3, 0.4) is 0 Å². The van der Waals surface area contributed by atoms with Crippen molar-refractivity contribution in [2.75, 3.05) is 0 Å². The summed E-state index contributed by atoms with van der Waals surface area (Å²) in [6.45, 7) is 6.96. The Balaban J connectivity index is 2.74. The van der Waals surface area contributed by atoms with Gasteiger partial charge in [-0.05, 0) is 12.8 Å². The molecule has 14 heavy (non-hydrogen) atoms. The lowest BCUT2D eigenvalue weighted by atomic mass is 10.1. The Hall–Kier alpha value is -0.870. The standard InChI is InChI=1S/C10H15N3S/c1-6(2)9-5-14-10-12-7(3)8(4-11)13(9)10/h5-6H,4,11H2,1-3H3. The minimum atomic E-state index is 0.516. The third-order valence-electron chi connectivity index (χ3n) is 2.47. The minimum Gasteiger partial charge on any atom is -0.325 e. The van der Waals surface area contributed by atoms with Gasteiger partial charge in [-0.25, -0.2) is 4.98 Å². The summed E-state index contributed by atoms with van der Waals surface area (Å²) in [5.74, 6) is 0.516. The molecule has 0 aliphatic carbocycles. The highest BCUT2D eigenvalue weighted by atomic mass is 32.1. The molecular weight excluding hydrogens is 194 g/mol. The molecule has 3 nitrogen and oxygen atoms in total. The lowest BCUT2D eigenvalue weighted by Gasteiger charge is -2.05. The molecule has 0 aliphatic heterocycles. The maximum absolute atomic E-state index is 5.73. The van der Waals surface area contributed by atoms with Crippen molar-refractivity contribution >= 4 is 16.3 Å². The van der Waals surface area contributed by atoms with E-state index in [-0.39, 0.29) is 0 Å². The smallest absolute Gasteiger partial charge is 0.194 e. The highest BCUT2D eigenvalue weighted by Crippen LogP contribution is 2.25. The second kappa shape index (κ2) is 3.37. The third-order valence-corrected chi connectivity index (χ3v) is 3.31. The average Bonchev–Trinajstić information content (AvgIpc) is 2.61. The van der Waals surface area contributed by atoms with E-state index in [1.54, 1.807) is 11.3 Å². The van der Waals surface area contributed by atoms with E-state index in [2.05, 4.69) is 28.6 Å². The lowest BCUT2D eigenvalue weighted by molar-refractivity contribution is 0.788. The molecule has 2 aromatic rings. The second-order valence-electron chi connectivity index (χ2n) is 3.78. The summed E-state index contributed by atoms with van der Waals surface area (Å²) in [6.07, 6.45) is 0. The molecule has 0 aliphatic rings. The van der Waals surface area contributed by atoms with Crippen LogP contribution in [0.4, 0.5) is 0 Å². The van der Waals surface area contributed by atoms with Crippen molar-refractivity contribution in [3.05, 3.63) is 22.5 Å². The zero-order valence-corrected chi connectivity index (χ0v) is 9.56. The molecule has 0 unspecified atom stereocenters. The highest BCUT2D eigenvalue weighted by Gasteiger charge is 2.14. The van der Waals surface area contributed by atoms with Gasteiger partial charge in [-0.3, -0.25) is 4.40 Å². The molecule has 2 aromatic heterocycles. The Morgan fingerprint density at radius 2 is 2.29 bits per heavy atom. The molecule has 0 aromatic carbocycles. The zero-order chi connectivity index (χ0) is 10.3. The summed E-state index contributed by atoms with van der Waals surface area (Å²) >= 11 is 1.69. The van der Waals surface area contributed by atoms with Crippen LogP contribution in [0.5, 0.6) is 0 Å². The molecular formula is C10H15N3S. The van der Waals surface area contributed by atoms with E-state index in [4.69, 9.17) is 5.73 Å². The quantitative estimate of drug-likeness (QED) is 0.824. The highest BCUT2D eigenvalue weighted by molar-refractivity contribution is 7.15. The number of fused-ring (bicyclic) bond motifs is 1. The molecule has 76 valence electrons. The molecule has 0 saturated heterocycles. The van der Waals surface area contributed by atoms with Crippen LogP contribution in [0.25, 0.3) is 4.96 Å². The monoisotopic (exact) mass is 209 g/mol. The molecule has 0 atom stereocenters. The largest absolute Gasteiger partial charge is 0.325 e. The van der Waals surface area contributed by atoms with Crippen LogP contribution in [-0.4, -0.2) is 9.38 Å². The van der Waals surface area contributed by atoms with E-state index in [1.807, 2.05) is 6.92 Å². The summed E-state index contributed by atoms with van der Waals surface area (Å²) in [7, 11) is 0. The fraction of sp³-hybridized carbons (Fsp3) is 0.500. The number of thiazole rings is 1. The Morgan fingerprint density at radius 1 is 1.57 bits per heavy atom. The van der Waals surface area contributed by atoms with E-state index < -0.39 is 0 Å².